The lowest BCUT2D eigenvalue weighted by Crippen LogP contribution is -2.15. The van der Waals surface area contributed by atoms with Gasteiger partial charge in [-0.15, -0.1) is 0 Å². The highest BCUT2D eigenvalue weighted by Gasteiger charge is 2.15. The van der Waals surface area contributed by atoms with Crippen LogP contribution in [0.2, 0.25) is 0 Å². The standard InChI is InChI=1S/C24H24N4O/c1-3-4-8-17-9-5-6-10-19(17)24(29)28-21-12-7-11-18(16(21)2)22-20-13-14-25-23(20)27-15-26-22/h5-7,9-15H,3-4,8H2,1-2H3,(H,28,29)(H,25,26,27). The number of fused-ring (bicyclic) bond motifs is 1. The molecular weight excluding hydrogens is 360 g/mol. The number of aryl methyl sites for hydroxylation is 1. The quantitative estimate of drug-likeness (QED) is 0.459. The minimum atomic E-state index is -0.0774. The Labute approximate surface area is 170 Å². The Morgan fingerprint density at radius 2 is 1.93 bits per heavy atom. The molecule has 2 N–H and O–H groups in total. The monoisotopic (exact) mass is 384 g/mol. The summed E-state index contributed by atoms with van der Waals surface area (Å²) in [6, 6.07) is 15.7. The van der Waals surface area contributed by atoms with Crippen molar-refractivity contribution in [2.45, 2.75) is 33.1 Å². The number of aromatic amines is 1. The zero-order chi connectivity index (χ0) is 20.2. The number of nitrogens with one attached hydrogen (secondary N) is 2. The first-order chi connectivity index (χ1) is 14.2. The van der Waals surface area contributed by atoms with Crippen LogP contribution in [0.3, 0.4) is 0 Å². The van der Waals surface area contributed by atoms with Crippen LogP contribution in [0.15, 0.2) is 61.1 Å². The van der Waals surface area contributed by atoms with Crippen molar-refractivity contribution in [2.24, 2.45) is 0 Å². The number of carbonyl (C=O) groups is 1. The van der Waals surface area contributed by atoms with Crippen LogP contribution < -0.4 is 5.32 Å². The molecule has 4 rings (SSSR count). The Morgan fingerprint density at radius 1 is 1.07 bits per heavy atom. The van der Waals surface area contributed by atoms with Gasteiger partial charge in [0.05, 0.1) is 5.69 Å². The van der Waals surface area contributed by atoms with E-state index < -0.39 is 0 Å². The number of benzene rings is 2. The summed E-state index contributed by atoms with van der Waals surface area (Å²) in [5, 5.41) is 4.07. The van der Waals surface area contributed by atoms with Gasteiger partial charge in [0.2, 0.25) is 0 Å². The first-order valence-electron chi connectivity index (χ1n) is 9.96. The normalized spacial score (nSPS) is 11.0. The molecule has 146 valence electrons. The molecule has 1 amide bonds. The molecule has 5 nitrogen and oxygen atoms in total. The predicted octanol–water partition coefficient (Wildman–Crippen LogP) is 5.53. The molecule has 5 heteroatoms. The van der Waals surface area contributed by atoms with E-state index in [1.54, 1.807) is 6.33 Å². The largest absolute Gasteiger partial charge is 0.346 e. The van der Waals surface area contributed by atoms with Crippen molar-refractivity contribution in [3.63, 3.8) is 0 Å². The fraction of sp³-hybridized carbons (Fsp3) is 0.208. The number of unbranched alkanes of at least 4 members (excludes halogenated alkanes) is 1. The number of aromatic nitrogens is 3. The molecule has 0 saturated heterocycles. The number of hydrogen-bond donors (Lipinski definition) is 2. The van der Waals surface area contributed by atoms with E-state index in [2.05, 4.69) is 27.2 Å². The molecular formula is C24H24N4O. The Hall–Kier alpha value is -3.47. The molecule has 0 unspecified atom stereocenters. The van der Waals surface area contributed by atoms with Gasteiger partial charge in [-0.25, -0.2) is 9.97 Å². The van der Waals surface area contributed by atoms with Gasteiger partial charge in [0.15, 0.2) is 0 Å². The molecule has 2 aromatic heterocycles. The van der Waals surface area contributed by atoms with Gasteiger partial charge in [-0.2, -0.15) is 0 Å². The van der Waals surface area contributed by atoms with Crippen LogP contribution in [0, 0.1) is 6.92 Å². The van der Waals surface area contributed by atoms with Crippen molar-refractivity contribution >= 4 is 22.6 Å². The van der Waals surface area contributed by atoms with Crippen molar-refractivity contribution in [3.8, 4) is 11.3 Å². The van der Waals surface area contributed by atoms with Gasteiger partial charge in [-0.3, -0.25) is 4.79 Å². The second-order valence-corrected chi connectivity index (χ2v) is 7.16. The van der Waals surface area contributed by atoms with Crippen LogP contribution >= 0.6 is 0 Å². The summed E-state index contributed by atoms with van der Waals surface area (Å²) in [7, 11) is 0. The molecule has 2 heterocycles. The minimum Gasteiger partial charge on any atom is -0.346 e. The van der Waals surface area contributed by atoms with Gasteiger partial charge in [0.1, 0.15) is 12.0 Å². The lowest BCUT2D eigenvalue weighted by atomic mass is 10.00. The number of anilines is 1. The van der Waals surface area contributed by atoms with Gasteiger partial charge in [0.25, 0.3) is 5.91 Å². The van der Waals surface area contributed by atoms with Crippen LogP contribution in [-0.4, -0.2) is 20.9 Å². The molecule has 0 aliphatic heterocycles. The maximum atomic E-state index is 13.0. The number of amides is 1. The molecule has 2 aromatic carbocycles. The molecule has 0 aliphatic rings. The van der Waals surface area contributed by atoms with E-state index in [-0.39, 0.29) is 5.91 Å². The maximum Gasteiger partial charge on any atom is 0.255 e. The van der Waals surface area contributed by atoms with Crippen molar-refractivity contribution in [3.05, 3.63) is 77.7 Å². The Kier molecular flexibility index (Phi) is 5.38. The van der Waals surface area contributed by atoms with E-state index in [0.29, 0.717) is 0 Å². The number of nitrogens with zero attached hydrogens (tertiary/aromatic N) is 2. The number of rotatable bonds is 6. The Morgan fingerprint density at radius 3 is 2.79 bits per heavy atom. The second kappa shape index (κ2) is 8.27. The fourth-order valence-corrected chi connectivity index (χ4v) is 3.63. The van der Waals surface area contributed by atoms with Crippen LogP contribution in [-0.2, 0) is 6.42 Å². The van der Waals surface area contributed by atoms with Gasteiger partial charge < -0.3 is 10.3 Å². The first-order valence-corrected chi connectivity index (χ1v) is 9.96. The summed E-state index contributed by atoms with van der Waals surface area (Å²) < 4.78 is 0. The van der Waals surface area contributed by atoms with Gasteiger partial charge >= 0.3 is 0 Å². The van der Waals surface area contributed by atoms with Gasteiger partial charge in [-0.05, 0) is 49.1 Å². The average Bonchev–Trinajstić information content (AvgIpc) is 3.23. The topological polar surface area (TPSA) is 70.7 Å². The lowest BCUT2D eigenvalue weighted by molar-refractivity contribution is 0.102. The van der Waals surface area contributed by atoms with Crippen molar-refractivity contribution in [2.75, 3.05) is 5.32 Å². The van der Waals surface area contributed by atoms with Crippen molar-refractivity contribution in [1.29, 1.82) is 0 Å². The van der Waals surface area contributed by atoms with Crippen LogP contribution in [0.5, 0.6) is 0 Å². The molecule has 0 radical (unpaired) electrons. The summed E-state index contributed by atoms with van der Waals surface area (Å²) in [5.74, 6) is -0.0774. The summed E-state index contributed by atoms with van der Waals surface area (Å²) in [6.45, 7) is 4.17. The fourth-order valence-electron chi connectivity index (χ4n) is 3.63. The maximum absolute atomic E-state index is 13.0. The number of hydrogen-bond acceptors (Lipinski definition) is 3. The van der Waals surface area contributed by atoms with Crippen LogP contribution in [0.4, 0.5) is 5.69 Å². The van der Waals surface area contributed by atoms with E-state index in [0.717, 1.165) is 63.9 Å². The predicted molar refractivity (Wildman–Crippen MR) is 117 cm³/mol. The summed E-state index contributed by atoms with van der Waals surface area (Å²) >= 11 is 0. The smallest absolute Gasteiger partial charge is 0.255 e. The summed E-state index contributed by atoms with van der Waals surface area (Å²) in [5.41, 5.74) is 6.23. The van der Waals surface area contributed by atoms with Gasteiger partial charge in [-0.1, -0.05) is 43.7 Å². The first kappa shape index (κ1) is 18.9. The Bertz CT molecular complexity index is 1160. The zero-order valence-corrected chi connectivity index (χ0v) is 16.7. The van der Waals surface area contributed by atoms with Crippen LogP contribution in [0.1, 0.15) is 41.3 Å². The van der Waals surface area contributed by atoms with Crippen LogP contribution in [0.25, 0.3) is 22.3 Å². The molecule has 0 bridgehead atoms. The molecule has 0 atom stereocenters. The van der Waals surface area contributed by atoms with Crippen molar-refractivity contribution in [1.82, 2.24) is 15.0 Å². The van der Waals surface area contributed by atoms with E-state index in [9.17, 15) is 4.79 Å². The zero-order valence-electron chi connectivity index (χ0n) is 16.7. The third kappa shape index (κ3) is 3.76. The molecule has 29 heavy (non-hydrogen) atoms. The minimum absolute atomic E-state index is 0.0774. The highest BCUT2D eigenvalue weighted by atomic mass is 16.1. The lowest BCUT2D eigenvalue weighted by Gasteiger charge is -2.14. The summed E-state index contributed by atoms with van der Waals surface area (Å²) in [4.78, 5) is 24.9. The SMILES string of the molecule is CCCCc1ccccc1C(=O)Nc1cccc(-c2ncnc3[nH]ccc23)c1C. The molecule has 0 saturated carbocycles. The average molecular weight is 384 g/mol. The third-order valence-corrected chi connectivity index (χ3v) is 5.25. The third-order valence-electron chi connectivity index (χ3n) is 5.25. The number of H-pyrrole nitrogens is 1. The van der Waals surface area contributed by atoms with E-state index in [4.69, 9.17) is 0 Å². The van der Waals surface area contributed by atoms with Crippen molar-refractivity contribution < 1.29 is 4.79 Å². The van der Waals surface area contributed by atoms with Gasteiger partial charge in [0, 0.05) is 28.4 Å². The highest BCUT2D eigenvalue weighted by molar-refractivity contribution is 6.06. The number of carbonyl (C=O) groups excluding carboxylic acids is 1. The molecule has 0 spiro atoms. The van der Waals surface area contributed by atoms with E-state index in [1.807, 2.05) is 61.7 Å². The summed E-state index contributed by atoms with van der Waals surface area (Å²) in [6.07, 6.45) is 6.49. The Balaban J connectivity index is 1.67. The second-order valence-electron chi connectivity index (χ2n) is 7.16. The molecule has 0 aliphatic carbocycles. The van der Waals surface area contributed by atoms with E-state index in [1.165, 1.54) is 0 Å². The van der Waals surface area contributed by atoms with E-state index >= 15 is 0 Å². The molecule has 0 fully saturated rings. The molecule has 4 aromatic rings. The highest BCUT2D eigenvalue weighted by Crippen LogP contribution is 2.31.